The monoisotopic (exact) mass is 300 g/mol. The van der Waals surface area contributed by atoms with Crippen LogP contribution in [0.25, 0.3) is 29.6 Å². The molecule has 0 saturated heterocycles. The van der Waals surface area contributed by atoms with Gasteiger partial charge in [-0.25, -0.2) is 0 Å². The Morgan fingerprint density at radius 1 is 0.700 bits per heavy atom. The van der Waals surface area contributed by atoms with Crippen molar-refractivity contribution >= 4 is 63.6 Å². The van der Waals surface area contributed by atoms with Crippen LogP contribution in [0, 0.1) is 0 Å². The maximum atomic E-state index is 5.84. The highest BCUT2D eigenvalue weighted by Gasteiger charge is 2.11. The standard InChI is InChI=1S/C14H10N2S2.C2H6/c15-7-1-3-9-11(5-7)17-14-10-4-2-8(16)6-12(10)18-13(9)14;1-2/h1-6H,15-16H2;1-2H3. The van der Waals surface area contributed by atoms with E-state index in [0.717, 1.165) is 11.4 Å². The van der Waals surface area contributed by atoms with Gasteiger partial charge in [0, 0.05) is 31.5 Å². The number of thiophene rings is 2. The molecule has 2 heterocycles. The lowest BCUT2D eigenvalue weighted by molar-refractivity contribution is 1.50. The normalized spacial score (nSPS) is 10.9. The van der Waals surface area contributed by atoms with E-state index in [1.54, 1.807) is 0 Å². The summed E-state index contributed by atoms with van der Waals surface area (Å²) in [4.78, 5) is 0. The number of nitrogen functional groups attached to an aromatic ring is 2. The molecule has 0 aliphatic carbocycles. The zero-order valence-corrected chi connectivity index (χ0v) is 13.1. The van der Waals surface area contributed by atoms with Crippen molar-refractivity contribution in [3.8, 4) is 0 Å². The summed E-state index contributed by atoms with van der Waals surface area (Å²) in [7, 11) is 0. The highest BCUT2D eigenvalue weighted by molar-refractivity contribution is 7.36. The van der Waals surface area contributed by atoms with Crippen LogP contribution < -0.4 is 11.5 Å². The second kappa shape index (κ2) is 4.96. The Hall–Kier alpha value is -1.78. The quantitative estimate of drug-likeness (QED) is 0.424. The van der Waals surface area contributed by atoms with Crippen LogP contribution in [0.5, 0.6) is 0 Å². The van der Waals surface area contributed by atoms with Crippen molar-refractivity contribution in [2.75, 3.05) is 11.5 Å². The number of rotatable bonds is 0. The molecule has 0 spiro atoms. The molecule has 20 heavy (non-hydrogen) atoms. The Morgan fingerprint density at radius 2 is 1.10 bits per heavy atom. The maximum Gasteiger partial charge on any atom is 0.0542 e. The second-order valence-corrected chi connectivity index (χ2v) is 6.48. The van der Waals surface area contributed by atoms with Crippen molar-refractivity contribution in [2.24, 2.45) is 0 Å². The molecule has 0 amide bonds. The van der Waals surface area contributed by atoms with Gasteiger partial charge in [-0.05, 0) is 24.3 Å². The average Bonchev–Trinajstić information content (AvgIpc) is 2.95. The van der Waals surface area contributed by atoms with Gasteiger partial charge in [0.1, 0.15) is 0 Å². The van der Waals surface area contributed by atoms with Crippen molar-refractivity contribution in [2.45, 2.75) is 13.8 Å². The van der Waals surface area contributed by atoms with Gasteiger partial charge in [0.25, 0.3) is 0 Å². The summed E-state index contributed by atoms with van der Waals surface area (Å²) in [5.74, 6) is 0. The van der Waals surface area contributed by atoms with Gasteiger partial charge in [0.15, 0.2) is 0 Å². The first-order valence-electron chi connectivity index (χ1n) is 6.62. The molecule has 0 fully saturated rings. The fraction of sp³-hybridized carbons (Fsp3) is 0.125. The molecule has 0 saturated carbocycles. The highest BCUT2D eigenvalue weighted by atomic mass is 32.1. The van der Waals surface area contributed by atoms with Crippen LogP contribution in [0.2, 0.25) is 0 Å². The summed E-state index contributed by atoms with van der Waals surface area (Å²) >= 11 is 3.61. The minimum absolute atomic E-state index is 0.824. The summed E-state index contributed by atoms with van der Waals surface area (Å²) in [5, 5.41) is 2.59. The van der Waals surface area contributed by atoms with E-state index in [4.69, 9.17) is 11.5 Å². The molecular weight excluding hydrogens is 284 g/mol. The lowest BCUT2D eigenvalue weighted by atomic mass is 10.2. The van der Waals surface area contributed by atoms with Gasteiger partial charge in [-0.2, -0.15) is 0 Å². The molecule has 102 valence electrons. The first-order valence-corrected chi connectivity index (χ1v) is 8.25. The molecule has 4 rings (SSSR count). The fourth-order valence-corrected chi connectivity index (χ4v) is 5.04. The van der Waals surface area contributed by atoms with E-state index >= 15 is 0 Å². The number of benzene rings is 2. The molecule has 0 radical (unpaired) electrons. The first-order chi connectivity index (χ1) is 9.72. The van der Waals surface area contributed by atoms with Crippen molar-refractivity contribution in [1.29, 1.82) is 0 Å². The van der Waals surface area contributed by atoms with Crippen molar-refractivity contribution < 1.29 is 0 Å². The van der Waals surface area contributed by atoms with Crippen LogP contribution in [0.15, 0.2) is 36.4 Å². The van der Waals surface area contributed by atoms with E-state index in [1.807, 2.05) is 48.7 Å². The van der Waals surface area contributed by atoms with Crippen molar-refractivity contribution in [3.05, 3.63) is 36.4 Å². The number of hydrogen-bond acceptors (Lipinski definition) is 4. The van der Waals surface area contributed by atoms with E-state index in [-0.39, 0.29) is 0 Å². The summed E-state index contributed by atoms with van der Waals surface area (Å²) in [6.45, 7) is 4.00. The zero-order chi connectivity index (χ0) is 14.3. The van der Waals surface area contributed by atoms with E-state index in [9.17, 15) is 0 Å². The molecule has 0 atom stereocenters. The third kappa shape index (κ3) is 1.92. The number of nitrogens with two attached hydrogens (primary N) is 2. The molecule has 4 aromatic rings. The van der Waals surface area contributed by atoms with E-state index in [2.05, 4.69) is 24.3 Å². The summed E-state index contributed by atoms with van der Waals surface area (Å²) in [5.41, 5.74) is 13.3. The fourth-order valence-electron chi connectivity index (χ4n) is 2.29. The molecule has 0 aliphatic heterocycles. The molecular formula is C16H16N2S2. The third-order valence-electron chi connectivity index (χ3n) is 3.13. The average molecular weight is 300 g/mol. The van der Waals surface area contributed by atoms with E-state index in [1.165, 1.54) is 29.6 Å². The summed E-state index contributed by atoms with van der Waals surface area (Å²) < 4.78 is 5.20. The minimum atomic E-state index is 0.824. The topological polar surface area (TPSA) is 52.0 Å². The van der Waals surface area contributed by atoms with E-state index < -0.39 is 0 Å². The number of anilines is 2. The largest absolute Gasteiger partial charge is 0.399 e. The van der Waals surface area contributed by atoms with Crippen molar-refractivity contribution in [3.63, 3.8) is 0 Å². The summed E-state index contributed by atoms with van der Waals surface area (Å²) in [6.07, 6.45) is 0. The molecule has 0 unspecified atom stereocenters. The highest BCUT2D eigenvalue weighted by Crippen LogP contribution is 2.44. The SMILES string of the molecule is CC.Nc1ccc2c(c1)sc1c3ccc(N)cc3sc21. The van der Waals surface area contributed by atoms with Gasteiger partial charge in [-0.3, -0.25) is 0 Å². The van der Waals surface area contributed by atoms with Gasteiger partial charge in [0.2, 0.25) is 0 Å². The number of fused-ring (bicyclic) bond motifs is 5. The van der Waals surface area contributed by atoms with Gasteiger partial charge in [0.05, 0.1) is 9.40 Å². The van der Waals surface area contributed by atoms with Crippen LogP contribution >= 0.6 is 22.7 Å². The molecule has 4 heteroatoms. The van der Waals surface area contributed by atoms with Crippen LogP contribution in [0.4, 0.5) is 11.4 Å². The Labute approximate surface area is 125 Å². The Balaban J connectivity index is 0.000000581. The minimum Gasteiger partial charge on any atom is -0.399 e. The molecule has 0 bridgehead atoms. The molecule has 2 nitrogen and oxygen atoms in total. The first kappa shape index (κ1) is 13.2. The Kier molecular flexibility index (Phi) is 3.28. The predicted molar refractivity (Wildman–Crippen MR) is 94.9 cm³/mol. The second-order valence-electron chi connectivity index (χ2n) is 4.37. The van der Waals surface area contributed by atoms with E-state index in [0.29, 0.717) is 0 Å². The lowest BCUT2D eigenvalue weighted by Gasteiger charge is -1.93. The van der Waals surface area contributed by atoms with Crippen molar-refractivity contribution in [1.82, 2.24) is 0 Å². The third-order valence-corrected chi connectivity index (χ3v) is 5.63. The van der Waals surface area contributed by atoms with Crippen LogP contribution in [-0.2, 0) is 0 Å². The number of hydrogen-bond donors (Lipinski definition) is 2. The molecule has 2 aromatic carbocycles. The predicted octanol–water partition coefficient (Wildman–Crippen LogP) is 5.46. The van der Waals surface area contributed by atoms with Crippen LogP contribution in [0.3, 0.4) is 0 Å². The van der Waals surface area contributed by atoms with Gasteiger partial charge in [-0.1, -0.05) is 26.0 Å². The Bertz CT molecular complexity index is 827. The smallest absolute Gasteiger partial charge is 0.0542 e. The van der Waals surface area contributed by atoms with Gasteiger partial charge < -0.3 is 11.5 Å². The Morgan fingerprint density at radius 3 is 1.50 bits per heavy atom. The molecule has 2 aromatic heterocycles. The van der Waals surface area contributed by atoms with Gasteiger partial charge >= 0.3 is 0 Å². The summed E-state index contributed by atoms with van der Waals surface area (Å²) in [6, 6.07) is 12.3. The molecule has 4 N–H and O–H groups in total. The van der Waals surface area contributed by atoms with Crippen LogP contribution in [-0.4, -0.2) is 0 Å². The lowest BCUT2D eigenvalue weighted by Crippen LogP contribution is -1.81. The maximum absolute atomic E-state index is 5.84. The zero-order valence-electron chi connectivity index (χ0n) is 11.4. The molecule has 0 aliphatic rings. The van der Waals surface area contributed by atoms with Gasteiger partial charge in [-0.15, -0.1) is 22.7 Å². The van der Waals surface area contributed by atoms with Crippen LogP contribution in [0.1, 0.15) is 13.8 Å².